The highest BCUT2D eigenvalue weighted by molar-refractivity contribution is 7.89. The molecule has 0 spiro atoms. The molecule has 1 amide bonds. The zero-order chi connectivity index (χ0) is 24.1. The molecule has 1 aromatic rings. The Labute approximate surface area is 199 Å². The van der Waals surface area contributed by atoms with Gasteiger partial charge in [-0.25, -0.2) is 13.1 Å². The number of sulfonamides is 1. The van der Waals surface area contributed by atoms with Gasteiger partial charge in [0, 0.05) is 23.7 Å². The van der Waals surface area contributed by atoms with Crippen molar-refractivity contribution in [3.05, 3.63) is 24.3 Å². The fraction of sp³-hybridized carbons (Fsp3) is 0.708. The normalized spacial score (nSPS) is 34.7. The Morgan fingerprint density at radius 2 is 1.79 bits per heavy atom. The minimum absolute atomic E-state index is 0.0325. The third kappa shape index (κ3) is 4.68. The number of carbonyl (C=O) groups is 1. The Morgan fingerprint density at radius 1 is 1.15 bits per heavy atom. The summed E-state index contributed by atoms with van der Waals surface area (Å²) in [6.45, 7) is 0.228. The molecule has 4 saturated carbocycles. The van der Waals surface area contributed by atoms with Crippen LogP contribution in [-0.4, -0.2) is 56.0 Å². The van der Waals surface area contributed by atoms with Crippen LogP contribution in [-0.2, 0) is 14.8 Å². The number of alkyl halides is 2. The molecule has 1 heterocycles. The van der Waals surface area contributed by atoms with Crippen molar-refractivity contribution in [1.82, 2.24) is 14.9 Å². The summed E-state index contributed by atoms with van der Waals surface area (Å²) in [6.07, 6.45) is 7.35. The molecular weight excluding hydrogens is 464 g/mol. The fourth-order valence-corrected chi connectivity index (χ4v) is 8.82. The molecule has 7 nitrogen and oxygen atoms in total. The topological polar surface area (TPSA) is 87.7 Å². The largest absolute Gasteiger partial charge is 0.435 e. The molecule has 188 valence electrons. The second-order valence-corrected chi connectivity index (χ2v) is 12.6. The number of amides is 1. The van der Waals surface area contributed by atoms with Gasteiger partial charge in [0.25, 0.3) is 0 Å². The summed E-state index contributed by atoms with van der Waals surface area (Å²) in [5.41, 5.74) is -0.793. The smallest absolute Gasteiger partial charge is 0.387 e. The highest BCUT2D eigenvalue weighted by Gasteiger charge is 2.58. The predicted octanol–water partition coefficient (Wildman–Crippen LogP) is 3.26. The van der Waals surface area contributed by atoms with E-state index in [1.165, 1.54) is 24.3 Å². The van der Waals surface area contributed by atoms with Crippen molar-refractivity contribution in [2.24, 2.45) is 11.8 Å². The van der Waals surface area contributed by atoms with E-state index in [-0.39, 0.29) is 34.7 Å². The molecule has 5 fully saturated rings. The van der Waals surface area contributed by atoms with E-state index in [1.807, 2.05) is 4.90 Å². The third-order valence-corrected chi connectivity index (χ3v) is 9.85. The SMILES string of the molecule is C[C@@H]1CCCN1C(=O)CNC12CC3CC(C1)CC(NS(=O)(=O)c1ccc(OC(F)F)cc1)(C3)C2. The van der Waals surface area contributed by atoms with Crippen LogP contribution in [0.4, 0.5) is 8.78 Å². The first kappa shape index (κ1) is 23.9. The molecule has 2 N–H and O–H groups in total. The maximum Gasteiger partial charge on any atom is 0.387 e. The zero-order valence-corrected chi connectivity index (χ0v) is 20.3. The Bertz CT molecular complexity index is 1020. The number of rotatable bonds is 8. The van der Waals surface area contributed by atoms with E-state index in [4.69, 9.17) is 0 Å². The van der Waals surface area contributed by atoms with Gasteiger partial charge in [-0.2, -0.15) is 8.78 Å². The van der Waals surface area contributed by atoms with E-state index in [0.717, 1.165) is 51.5 Å². The number of likely N-dealkylation sites (tertiary alicyclic amines) is 1. The summed E-state index contributed by atoms with van der Waals surface area (Å²) in [4.78, 5) is 14.8. The van der Waals surface area contributed by atoms with E-state index in [1.54, 1.807) is 0 Å². The second kappa shape index (κ2) is 8.71. The average molecular weight is 498 g/mol. The molecular formula is C24H33F2N3O4S. The first-order valence-electron chi connectivity index (χ1n) is 12.2. The first-order valence-corrected chi connectivity index (χ1v) is 13.7. The van der Waals surface area contributed by atoms with Crippen LogP contribution in [0.3, 0.4) is 0 Å². The number of nitrogens with zero attached hydrogens (tertiary/aromatic N) is 1. The van der Waals surface area contributed by atoms with Crippen LogP contribution in [0.2, 0.25) is 0 Å². The van der Waals surface area contributed by atoms with Gasteiger partial charge >= 0.3 is 6.61 Å². The molecule has 1 aromatic carbocycles. The standard InChI is InChI=1S/C24H33F2N3O4S/c1-16-3-2-8-29(16)21(30)14-27-23-10-17-9-18(11-23)13-24(12-17,15-23)28-34(31,32)20-6-4-19(5-7-20)33-22(25)26/h4-7,16-18,22,27-28H,2-3,8-15H2,1H3/t16-,17?,18?,23?,24?/m1/s1. The number of nitrogens with one attached hydrogen (secondary N) is 2. The van der Waals surface area contributed by atoms with Crippen LogP contribution in [0.5, 0.6) is 5.75 Å². The molecule has 4 bridgehead atoms. The lowest BCUT2D eigenvalue weighted by atomic mass is 9.50. The molecule has 10 heteroatoms. The quantitative estimate of drug-likeness (QED) is 0.576. The Kier molecular flexibility index (Phi) is 6.13. The van der Waals surface area contributed by atoms with Gasteiger partial charge in [0.05, 0.1) is 11.4 Å². The number of hydrogen-bond acceptors (Lipinski definition) is 5. The van der Waals surface area contributed by atoms with Crippen molar-refractivity contribution >= 4 is 15.9 Å². The van der Waals surface area contributed by atoms with Gasteiger partial charge in [-0.3, -0.25) is 4.79 Å². The van der Waals surface area contributed by atoms with Gasteiger partial charge < -0.3 is 15.0 Å². The summed E-state index contributed by atoms with van der Waals surface area (Å²) in [5, 5.41) is 3.59. The Morgan fingerprint density at radius 3 is 2.38 bits per heavy atom. The Hall–Kier alpha value is -1.78. The lowest BCUT2D eigenvalue weighted by Crippen LogP contribution is -2.69. The minimum atomic E-state index is -3.84. The second-order valence-electron chi connectivity index (χ2n) is 10.9. The molecule has 6 rings (SSSR count). The summed E-state index contributed by atoms with van der Waals surface area (Å²) < 4.78 is 58.7. The first-order chi connectivity index (χ1) is 16.1. The predicted molar refractivity (Wildman–Crippen MR) is 122 cm³/mol. The maximum atomic E-state index is 13.2. The molecule has 2 unspecified atom stereocenters. The number of ether oxygens (including phenoxy) is 1. The van der Waals surface area contributed by atoms with Crippen LogP contribution < -0.4 is 14.8 Å². The monoisotopic (exact) mass is 497 g/mol. The van der Waals surface area contributed by atoms with Gasteiger partial charge in [0.1, 0.15) is 5.75 Å². The summed E-state index contributed by atoms with van der Waals surface area (Å²) in [6, 6.07) is 5.36. The summed E-state index contributed by atoms with van der Waals surface area (Å²) in [7, 11) is -3.84. The fourth-order valence-electron chi connectivity index (χ4n) is 7.40. The number of hydrogen-bond donors (Lipinski definition) is 2. The number of benzene rings is 1. The van der Waals surface area contributed by atoms with Crippen molar-refractivity contribution in [2.45, 2.75) is 86.9 Å². The average Bonchev–Trinajstić information content (AvgIpc) is 3.16. The lowest BCUT2D eigenvalue weighted by Gasteiger charge is -2.62. The van der Waals surface area contributed by atoms with Crippen LogP contribution in [0.1, 0.15) is 58.3 Å². The number of halogens is 2. The third-order valence-electron chi connectivity index (χ3n) is 8.26. The van der Waals surface area contributed by atoms with Crippen LogP contribution >= 0.6 is 0 Å². The van der Waals surface area contributed by atoms with Crippen molar-refractivity contribution in [3.8, 4) is 5.75 Å². The van der Waals surface area contributed by atoms with Crippen LogP contribution in [0.15, 0.2) is 29.2 Å². The molecule has 0 aromatic heterocycles. The maximum absolute atomic E-state index is 13.2. The molecule has 1 aliphatic heterocycles. The van der Waals surface area contributed by atoms with E-state index >= 15 is 0 Å². The lowest BCUT2D eigenvalue weighted by molar-refractivity contribution is -0.132. The van der Waals surface area contributed by atoms with Crippen molar-refractivity contribution < 1.29 is 26.7 Å². The minimum Gasteiger partial charge on any atom is -0.435 e. The molecule has 4 aliphatic carbocycles. The molecule has 1 saturated heterocycles. The molecule has 3 atom stereocenters. The van der Waals surface area contributed by atoms with E-state index in [9.17, 15) is 22.0 Å². The van der Waals surface area contributed by atoms with Gasteiger partial charge in [-0.05, 0) is 94.4 Å². The van der Waals surface area contributed by atoms with Gasteiger partial charge in [0.15, 0.2) is 0 Å². The zero-order valence-electron chi connectivity index (χ0n) is 19.4. The molecule has 5 aliphatic rings. The highest BCUT2D eigenvalue weighted by Crippen LogP contribution is 2.57. The van der Waals surface area contributed by atoms with Crippen molar-refractivity contribution in [3.63, 3.8) is 0 Å². The van der Waals surface area contributed by atoms with Crippen LogP contribution in [0.25, 0.3) is 0 Å². The van der Waals surface area contributed by atoms with Crippen molar-refractivity contribution in [2.75, 3.05) is 13.1 Å². The van der Waals surface area contributed by atoms with E-state index in [0.29, 0.717) is 18.3 Å². The summed E-state index contributed by atoms with van der Waals surface area (Å²) in [5.74, 6) is 0.878. The number of carbonyl (C=O) groups excluding carboxylic acids is 1. The van der Waals surface area contributed by atoms with Crippen molar-refractivity contribution in [1.29, 1.82) is 0 Å². The van der Waals surface area contributed by atoms with Gasteiger partial charge in [-0.15, -0.1) is 0 Å². The molecule has 34 heavy (non-hydrogen) atoms. The summed E-state index contributed by atoms with van der Waals surface area (Å²) >= 11 is 0. The molecule has 0 radical (unpaired) electrons. The Balaban J connectivity index is 1.30. The highest BCUT2D eigenvalue weighted by atomic mass is 32.2. The van der Waals surface area contributed by atoms with E-state index < -0.39 is 22.2 Å². The van der Waals surface area contributed by atoms with E-state index in [2.05, 4.69) is 21.7 Å². The van der Waals surface area contributed by atoms with Gasteiger partial charge in [-0.1, -0.05) is 0 Å². The van der Waals surface area contributed by atoms with Crippen LogP contribution in [0, 0.1) is 11.8 Å². The van der Waals surface area contributed by atoms with Gasteiger partial charge in [0.2, 0.25) is 15.9 Å².